The van der Waals surface area contributed by atoms with E-state index in [0.717, 1.165) is 0 Å². The van der Waals surface area contributed by atoms with E-state index in [1.54, 1.807) is 42.6 Å². The third kappa shape index (κ3) is 7.82. The normalized spacial score (nSPS) is 17.6. The van der Waals surface area contributed by atoms with E-state index < -0.39 is 47.4 Å². The fraction of sp³-hybridized carbons (Fsp3) is 0.520. The number of rotatable bonds is 8. The first-order valence-electron chi connectivity index (χ1n) is 11.6. The standard InChI is InChI=1S/C25H33F3N4O4/c1-15(2)14-17(30-21(34)19(24(3,4)5)31-23(36)25(26,27)28)22(35)32-13-9-12-18(32)20(33)29-16-10-7-6-8-11-16/h6-8,10-11,17-19H,1,9,12-14H2,2-5H3,(H,29,33)(H,30,34)(H,31,36)/t17-,18-,19+/m0/s1. The first-order valence-corrected chi connectivity index (χ1v) is 11.6. The monoisotopic (exact) mass is 510 g/mol. The van der Waals surface area contributed by atoms with Crippen molar-refractivity contribution >= 4 is 29.3 Å². The van der Waals surface area contributed by atoms with E-state index >= 15 is 0 Å². The number of nitrogens with one attached hydrogen (secondary N) is 3. The molecule has 3 N–H and O–H groups in total. The molecule has 1 aliphatic heterocycles. The summed E-state index contributed by atoms with van der Waals surface area (Å²) in [5.41, 5.74) is 0.0277. The molecule has 1 aromatic rings. The highest BCUT2D eigenvalue weighted by atomic mass is 19.4. The van der Waals surface area contributed by atoms with Gasteiger partial charge in [-0.05, 0) is 43.7 Å². The summed E-state index contributed by atoms with van der Waals surface area (Å²) in [6.07, 6.45) is -4.17. The first kappa shape index (κ1) is 28.9. The third-order valence-electron chi connectivity index (χ3n) is 5.71. The molecule has 0 aliphatic carbocycles. The van der Waals surface area contributed by atoms with Crippen LogP contribution in [0, 0.1) is 5.41 Å². The van der Waals surface area contributed by atoms with Crippen LogP contribution in [0.5, 0.6) is 0 Å². The Hall–Kier alpha value is -3.37. The summed E-state index contributed by atoms with van der Waals surface area (Å²) in [4.78, 5) is 52.3. The SMILES string of the molecule is C=C(C)C[C@H](NC(=O)[C@@H](NC(=O)C(F)(F)F)C(C)(C)C)C(=O)N1CCC[C@H]1C(=O)Nc1ccccc1. The molecule has 0 unspecified atom stereocenters. The molecular weight excluding hydrogens is 477 g/mol. The van der Waals surface area contributed by atoms with Gasteiger partial charge in [0.15, 0.2) is 0 Å². The van der Waals surface area contributed by atoms with Gasteiger partial charge in [0.1, 0.15) is 18.1 Å². The number of benzene rings is 1. The maximum Gasteiger partial charge on any atom is 0.471 e. The van der Waals surface area contributed by atoms with Crippen LogP contribution in [-0.2, 0) is 19.2 Å². The molecule has 36 heavy (non-hydrogen) atoms. The summed E-state index contributed by atoms with van der Waals surface area (Å²) >= 11 is 0. The van der Waals surface area contributed by atoms with Gasteiger partial charge in [0.2, 0.25) is 17.7 Å². The summed E-state index contributed by atoms with van der Waals surface area (Å²) < 4.78 is 38.5. The Kier molecular flexibility index (Phi) is 9.28. The predicted molar refractivity (Wildman–Crippen MR) is 129 cm³/mol. The number of carbonyl (C=O) groups is 4. The number of amides is 4. The molecule has 3 atom stereocenters. The Morgan fingerprint density at radius 1 is 1.08 bits per heavy atom. The van der Waals surface area contributed by atoms with E-state index in [1.165, 1.54) is 25.7 Å². The minimum absolute atomic E-state index is 0.0121. The number of likely N-dealkylation sites (tertiary alicyclic amines) is 1. The third-order valence-corrected chi connectivity index (χ3v) is 5.71. The van der Waals surface area contributed by atoms with Crippen molar-refractivity contribution in [2.45, 2.75) is 71.3 Å². The smallest absolute Gasteiger partial charge is 0.342 e. The molecule has 8 nitrogen and oxygen atoms in total. The highest BCUT2D eigenvalue weighted by molar-refractivity contribution is 5.99. The molecule has 2 rings (SSSR count). The van der Waals surface area contributed by atoms with Crippen LogP contribution in [0.2, 0.25) is 0 Å². The van der Waals surface area contributed by atoms with Gasteiger partial charge in [-0.2, -0.15) is 13.2 Å². The van der Waals surface area contributed by atoms with Gasteiger partial charge >= 0.3 is 12.1 Å². The summed E-state index contributed by atoms with van der Waals surface area (Å²) in [6.45, 7) is 10.2. The van der Waals surface area contributed by atoms with E-state index in [4.69, 9.17) is 0 Å². The molecular formula is C25H33F3N4O4. The van der Waals surface area contributed by atoms with Gasteiger partial charge in [0.05, 0.1) is 0 Å². The van der Waals surface area contributed by atoms with Crippen molar-refractivity contribution in [1.29, 1.82) is 0 Å². The highest BCUT2D eigenvalue weighted by Crippen LogP contribution is 2.24. The van der Waals surface area contributed by atoms with Gasteiger partial charge in [-0.3, -0.25) is 19.2 Å². The molecule has 1 aliphatic rings. The van der Waals surface area contributed by atoms with Crippen LogP contribution in [0.3, 0.4) is 0 Å². The van der Waals surface area contributed by atoms with Gasteiger partial charge in [0, 0.05) is 12.2 Å². The zero-order valence-electron chi connectivity index (χ0n) is 20.9. The molecule has 198 valence electrons. The number of anilines is 1. The second-order valence-corrected chi connectivity index (χ2v) is 10.0. The van der Waals surface area contributed by atoms with E-state index in [2.05, 4.69) is 17.2 Å². The van der Waals surface area contributed by atoms with Crippen molar-refractivity contribution in [2.75, 3.05) is 11.9 Å². The van der Waals surface area contributed by atoms with E-state index in [-0.39, 0.29) is 18.9 Å². The van der Waals surface area contributed by atoms with Crippen LogP contribution in [0.1, 0.15) is 47.0 Å². The largest absolute Gasteiger partial charge is 0.471 e. The van der Waals surface area contributed by atoms with Crippen LogP contribution < -0.4 is 16.0 Å². The fourth-order valence-electron chi connectivity index (χ4n) is 3.94. The van der Waals surface area contributed by atoms with Gasteiger partial charge in [0.25, 0.3) is 0 Å². The van der Waals surface area contributed by atoms with Crippen molar-refractivity contribution in [3.8, 4) is 0 Å². The average Bonchev–Trinajstić information content (AvgIpc) is 3.25. The molecule has 0 spiro atoms. The lowest BCUT2D eigenvalue weighted by Gasteiger charge is -2.33. The molecule has 1 fully saturated rings. The average molecular weight is 511 g/mol. The molecule has 0 saturated carbocycles. The first-order chi connectivity index (χ1) is 16.6. The highest BCUT2D eigenvalue weighted by Gasteiger charge is 2.44. The Balaban J connectivity index is 2.22. The van der Waals surface area contributed by atoms with Crippen LogP contribution in [0.25, 0.3) is 0 Å². The summed E-state index contributed by atoms with van der Waals surface area (Å²) in [7, 11) is 0. The fourth-order valence-corrected chi connectivity index (χ4v) is 3.94. The Labute approximate surface area is 208 Å². The lowest BCUT2D eigenvalue weighted by Crippen LogP contribution is -2.60. The number of para-hydroxylation sites is 1. The topological polar surface area (TPSA) is 108 Å². The summed E-state index contributed by atoms with van der Waals surface area (Å²) in [5.74, 6) is -4.12. The van der Waals surface area contributed by atoms with Crippen molar-refractivity contribution in [1.82, 2.24) is 15.5 Å². The van der Waals surface area contributed by atoms with E-state index in [1.807, 2.05) is 0 Å². The van der Waals surface area contributed by atoms with Crippen LogP contribution >= 0.6 is 0 Å². The van der Waals surface area contributed by atoms with Crippen LogP contribution in [0.4, 0.5) is 18.9 Å². The molecule has 4 amide bonds. The zero-order valence-corrected chi connectivity index (χ0v) is 20.9. The Morgan fingerprint density at radius 3 is 2.22 bits per heavy atom. The lowest BCUT2D eigenvalue weighted by molar-refractivity contribution is -0.175. The van der Waals surface area contributed by atoms with Crippen LogP contribution in [-0.4, -0.2) is 59.4 Å². The number of alkyl halides is 3. The van der Waals surface area contributed by atoms with Crippen molar-refractivity contribution in [3.05, 3.63) is 42.5 Å². The maximum atomic E-state index is 13.5. The summed E-state index contributed by atoms with van der Waals surface area (Å²) in [5, 5.41) is 6.99. The minimum atomic E-state index is -5.18. The second kappa shape index (κ2) is 11.6. The lowest BCUT2D eigenvalue weighted by atomic mass is 9.85. The Morgan fingerprint density at radius 2 is 1.69 bits per heavy atom. The second-order valence-electron chi connectivity index (χ2n) is 10.0. The quantitative estimate of drug-likeness (QED) is 0.467. The van der Waals surface area contributed by atoms with Crippen LogP contribution in [0.15, 0.2) is 42.5 Å². The van der Waals surface area contributed by atoms with E-state index in [9.17, 15) is 32.3 Å². The number of nitrogens with zero attached hydrogens (tertiary/aromatic N) is 1. The molecule has 11 heteroatoms. The predicted octanol–water partition coefficient (Wildman–Crippen LogP) is 3.16. The molecule has 1 aromatic carbocycles. The Bertz CT molecular complexity index is 989. The maximum absolute atomic E-state index is 13.5. The molecule has 1 heterocycles. The summed E-state index contributed by atoms with van der Waals surface area (Å²) in [6, 6.07) is 5.23. The van der Waals surface area contributed by atoms with Gasteiger partial charge < -0.3 is 20.9 Å². The number of hydrogen-bond acceptors (Lipinski definition) is 4. The van der Waals surface area contributed by atoms with Crippen molar-refractivity contribution in [3.63, 3.8) is 0 Å². The van der Waals surface area contributed by atoms with Crippen molar-refractivity contribution < 1.29 is 32.3 Å². The minimum Gasteiger partial charge on any atom is -0.342 e. The van der Waals surface area contributed by atoms with Gasteiger partial charge in [-0.15, -0.1) is 6.58 Å². The number of halogens is 3. The van der Waals surface area contributed by atoms with E-state index in [0.29, 0.717) is 24.1 Å². The molecule has 1 saturated heterocycles. The molecule has 0 bridgehead atoms. The zero-order chi connectivity index (χ0) is 27.3. The molecule has 0 radical (unpaired) electrons. The van der Waals surface area contributed by atoms with Crippen molar-refractivity contribution in [2.24, 2.45) is 5.41 Å². The number of hydrogen-bond donors (Lipinski definition) is 3. The van der Waals surface area contributed by atoms with Gasteiger partial charge in [-0.25, -0.2) is 0 Å². The number of carbonyl (C=O) groups excluding carboxylic acids is 4. The molecule has 0 aromatic heterocycles. The van der Waals surface area contributed by atoms with Gasteiger partial charge in [-0.1, -0.05) is 44.5 Å².